The lowest BCUT2D eigenvalue weighted by Crippen LogP contribution is -2.50. The molecule has 5 heteroatoms. The summed E-state index contributed by atoms with van der Waals surface area (Å²) in [6, 6.07) is 7.35. The van der Waals surface area contributed by atoms with Gasteiger partial charge in [0.1, 0.15) is 5.75 Å². The second-order valence-electron chi connectivity index (χ2n) is 5.63. The molecule has 1 radical (unpaired) electrons. The molecule has 0 aliphatic carbocycles. The van der Waals surface area contributed by atoms with E-state index < -0.39 is 0 Å². The van der Waals surface area contributed by atoms with E-state index in [-0.39, 0.29) is 6.03 Å². The van der Waals surface area contributed by atoms with Gasteiger partial charge >= 0.3 is 6.03 Å². The van der Waals surface area contributed by atoms with E-state index in [0.717, 1.165) is 44.2 Å². The van der Waals surface area contributed by atoms with Crippen LogP contribution in [0, 0.1) is 5.92 Å². The molecule has 2 rings (SSSR count). The SMILES string of the molecule is COc1ccc(NC(=O)N2CCN(C[C](C)C)CC2)cc1. The number of methoxy groups -OCH3 is 1. The van der Waals surface area contributed by atoms with E-state index in [1.807, 2.05) is 29.2 Å². The Morgan fingerprint density at radius 2 is 1.76 bits per heavy atom. The summed E-state index contributed by atoms with van der Waals surface area (Å²) >= 11 is 0. The summed E-state index contributed by atoms with van der Waals surface area (Å²) in [5, 5.41) is 2.93. The maximum Gasteiger partial charge on any atom is 0.321 e. The lowest BCUT2D eigenvalue weighted by Gasteiger charge is -2.35. The molecule has 1 aliphatic rings. The summed E-state index contributed by atoms with van der Waals surface area (Å²) in [7, 11) is 1.63. The molecule has 5 nitrogen and oxygen atoms in total. The number of hydrogen-bond donors (Lipinski definition) is 1. The van der Waals surface area contributed by atoms with Crippen LogP contribution in [0.5, 0.6) is 5.75 Å². The summed E-state index contributed by atoms with van der Waals surface area (Å²) < 4.78 is 5.10. The number of piperazine rings is 1. The number of benzene rings is 1. The molecular formula is C16H24N3O2. The van der Waals surface area contributed by atoms with Gasteiger partial charge in [0.25, 0.3) is 0 Å². The molecule has 0 unspecified atom stereocenters. The van der Waals surface area contributed by atoms with Crippen LogP contribution in [0.4, 0.5) is 10.5 Å². The molecule has 1 saturated heterocycles. The van der Waals surface area contributed by atoms with Crippen molar-refractivity contribution >= 4 is 11.7 Å². The maximum atomic E-state index is 12.2. The van der Waals surface area contributed by atoms with Gasteiger partial charge in [-0.25, -0.2) is 4.79 Å². The van der Waals surface area contributed by atoms with Crippen LogP contribution < -0.4 is 10.1 Å². The molecular weight excluding hydrogens is 266 g/mol. The second-order valence-corrected chi connectivity index (χ2v) is 5.63. The molecule has 0 atom stereocenters. The largest absolute Gasteiger partial charge is 0.497 e. The average Bonchev–Trinajstić information content (AvgIpc) is 2.48. The van der Waals surface area contributed by atoms with E-state index in [2.05, 4.69) is 24.1 Å². The molecule has 1 heterocycles. The molecule has 21 heavy (non-hydrogen) atoms. The number of nitrogens with one attached hydrogen (secondary N) is 1. The Bertz CT molecular complexity index is 451. The van der Waals surface area contributed by atoms with Crippen molar-refractivity contribution in [3.8, 4) is 5.75 Å². The van der Waals surface area contributed by atoms with Crippen LogP contribution in [0.2, 0.25) is 0 Å². The molecule has 115 valence electrons. The second kappa shape index (κ2) is 7.31. The minimum absolute atomic E-state index is 0.0305. The van der Waals surface area contributed by atoms with E-state index >= 15 is 0 Å². The minimum Gasteiger partial charge on any atom is -0.497 e. The zero-order valence-corrected chi connectivity index (χ0v) is 13.1. The van der Waals surface area contributed by atoms with Gasteiger partial charge in [-0.2, -0.15) is 0 Å². The van der Waals surface area contributed by atoms with Gasteiger partial charge in [0.15, 0.2) is 0 Å². The predicted molar refractivity (Wildman–Crippen MR) is 84.6 cm³/mol. The van der Waals surface area contributed by atoms with Gasteiger partial charge < -0.3 is 15.0 Å². The quantitative estimate of drug-likeness (QED) is 0.926. The standard InChI is InChI=1S/C16H24N3O2/c1-13(2)12-18-8-10-19(11-9-18)16(20)17-14-4-6-15(21-3)7-5-14/h4-7H,8-12H2,1-3H3,(H,17,20). The van der Waals surface area contributed by atoms with E-state index in [0.29, 0.717) is 0 Å². The fourth-order valence-corrected chi connectivity index (χ4v) is 2.43. The summed E-state index contributed by atoms with van der Waals surface area (Å²) in [5.74, 6) is 2.19. The van der Waals surface area contributed by atoms with E-state index in [1.54, 1.807) is 7.11 Å². The van der Waals surface area contributed by atoms with Crippen molar-refractivity contribution in [2.45, 2.75) is 13.8 Å². The number of carbonyl (C=O) groups excluding carboxylic acids is 1. The number of urea groups is 1. The average molecular weight is 290 g/mol. The number of hydrogen-bond acceptors (Lipinski definition) is 3. The van der Waals surface area contributed by atoms with Gasteiger partial charge in [0.05, 0.1) is 7.11 Å². The van der Waals surface area contributed by atoms with Crippen molar-refractivity contribution in [3.05, 3.63) is 30.2 Å². The van der Waals surface area contributed by atoms with Crippen molar-refractivity contribution in [2.75, 3.05) is 45.2 Å². The Morgan fingerprint density at radius 3 is 2.29 bits per heavy atom. The highest BCUT2D eigenvalue weighted by Crippen LogP contribution is 2.16. The van der Waals surface area contributed by atoms with Crippen molar-refractivity contribution < 1.29 is 9.53 Å². The smallest absolute Gasteiger partial charge is 0.321 e. The first kappa shape index (κ1) is 15.6. The third kappa shape index (κ3) is 4.63. The Morgan fingerprint density at radius 1 is 1.14 bits per heavy atom. The van der Waals surface area contributed by atoms with Crippen LogP contribution in [0.1, 0.15) is 13.8 Å². The minimum atomic E-state index is -0.0305. The number of anilines is 1. The Balaban J connectivity index is 1.81. The molecule has 2 amide bonds. The van der Waals surface area contributed by atoms with Gasteiger partial charge in [-0.05, 0) is 30.2 Å². The van der Waals surface area contributed by atoms with Crippen molar-refractivity contribution in [3.63, 3.8) is 0 Å². The molecule has 1 N–H and O–H groups in total. The first-order chi connectivity index (χ1) is 10.1. The molecule has 1 fully saturated rings. The predicted octanol–water partition coefficient (Wildman–Crippen LogP) is 2.46. The summed E-state index contributed by atoms with van der Waals surface area (Å²) in [6.45, 7) is 8.71. The number of rotatable bonds is 4. The number of ether oxygens (including phenoxy) is 1. The lowest BCUT2D eigenvalue weighted by atomic mass is 10.2. The van der Waals surface area contributed by atoms with Crippen molar-refractivity contribution in [1.29, 1.82) is 0 Å². The molecule has 1 aromatic rings. The fourth-order valence-electron chi connectivity index (χ4n) is 2.43. The molecule has 0 bridgehead atoms. The highest BCUT2D eigenvalue weighted by molar-refractivity contribution is 5.89. The normalized spacial score (nSPS) is 16.1. The highest BCUT2D eigenvalue weighted by atomic mass is 16.5. The maximum absolute atomic E-state index is 12.2. The summed E-state index contributed by atoms with van der Waals surface area (Å²) in [5.41, 5.74) is 0.793. The third-order valence-electron chi connectivity index (χ3n) is 3.54. The van der Waals surface area contributed by atoms with Gasteiger partial charge in [-0.1, -0.05) is 13.8 Å². The van der Waals surface area contributed by atoms with Gasteiger partial charge in [-0.3, -0.25) is 4.90 Å². The van der Waals surface area contributed by atoms with Gasteiger partial charge in [0, 0.05) is 38.4 Å². The monoisotopic (exact) mass is 290 g/mol. The highest BCUT2D eigenvalue weighted by Gasteiger charge is 2.21. The number of nitrogens with zero attached hydrogens (tertiary/aromatic N) is 2. The first-order valence-electron chi connectivity index (χ1n) is 7.30. The zero-order valence-electron chi connectivity index (χ0n) is 13.1. The fraction of sp³-hybridized carbons (Fsp3) is 0.500. The third-order valence-corrected chi connectivity index (χ3v) is 3.54. The van der Waals surface area contributed by atoms with E-state index in [9.17, 15) is 4.79 Å². The Labute approximate surface area is 126 Å². The van der Waals surface area contributed by atoms with Crippen LogP contribution >= 0.6 is 0 Å². The van der Waals surface area contributed by atoms with Crippen LogP contribution in [-0.2, 0) is 0 Å². The van der Waals surface area contributed by atoms with Crippen LogP contribution in [0.3, 0.4) is 0 Å². The van der Waals surface area contributed by atoms with Crippen LogP contribution in [-0.4, -0.2) is 55.7 Å². The van der Waals surface area contributed by atoms with Gasteiger partial charge in [-0.15, -0.1) is 0 Å². The summed E-state index contributed by atoms with van der Waals surface area (Å²) in [4.78, 5) is 16.5. The molecule has 1 aromatic carbocycles. The van der Waals surface area contributed by atoms with Crippen molar-refractivity contribution in [2.24, 2.45) is 0 Å². The zero-order chi connectivity index (χ0) is 15.2. The summed E-state index contributed by atoms with van der Waals surface area (Å²) in [6.07, 6.45) is 0. The topological polar surface area (TPSA) is 44.8 Å². The van der Waals surface area contributed by atoms with Crippen LogP contribution in [0.15, 0.2) is 24.3 Å². The molecule has 0 spiro atoms. The molecule has 1 aliphatic heterocycles. The Hall–Kier alpha value is -1.75. The first-order valence-corrected chi connectivity index (χ1v) is 7.30. The number of carbonyl (C=O) groups is 1. The number of amides is 2. The Kier molecular flexibility index (Phi) is 5.44. The molecule has 0 aromatic heterocycles. The molecule has 0 saturated carbocycles. The van der Waals surface area contributed by atoms with E-state index in [1.165, 1.54) is 5.92 Å². The van der Waals surface area contributed by atoms with Crippen LogP contribution in [0.25, 0.3) is 0 Å². The van der Waals surface area contributed by atoms with Crippen molar-refractivity contribution in [1.82, 2.24) is 9.80 Å². The van der Waals surface area contributed by atoms with E-state index in [4.69, 9.17) is 4.74 Å². The lowest BCUT2D eigenvalue weighted by molar-refractivity contribution is 0.150. The van der Waals surface area contributed by atoms with Gasteiger partial charge in [0.2, 0.25) is 0 Å².